The van der Waals surface area contributed by atoms with Gasteiger partial charge in [0, 0.05) is 11.3 Å². The van der Waals surface area contributed by atoms with E-state index in [9.17, 15) is 13.2 Å². The zero-order valence-electron chi connectivity index (χ0n) is 6.46. The Balaban J connectivity index is 2.10. The lowest BCUT2D eigenvalue weighted by molar-refractivity contribution is -0.176. The van der Waals surface area contributed by atoms with Gasteiger partial charge in [0.25, 0.3) is 0 Å². The van der Waals surface area contributed by atoms with Crippen molar-refractivity contribution in [3.63, 3.8) is 0 Å². The molecule has 1 saturated carbocycles. The van der Waals surface area contributed by atoms with Crippen molar-refractivity contribution < 1.29 is 17.9 Å². The van der Waals surface area contributed by atoms with Crippen LogP contribution in [0.3, 0.4) is 0 Å². The Bertz CT molecular complexity index is 153. The van der Waals surface area contributed by atoms with Crippen molar-refractivity contribution >= 4 is 11.6 Å². The maximum absolute atomic E-state index is 11.6. The molecule has 1 aliphatic rings. The Hall–Kier alpha value is 0.0400. The highest BCUT2D eigenvalue weighted by molar-refractivity contribution is 6.18. The van der Waals surface area contributed by atoms with Crippen LogP contribution in [0.2, 0.25) is 0 Å². The number of rotatable bonds is 4. The molecule has 72 valence electrons. The molecule has 0 aromatic rings. The maximum atomic E-state index is 11.6. The van der Waals surface area contributed by atoms with Crippen LogP contribution in [-0.2, 0) is 4.74 Å². The zero-order chi connectivity index (χ0) is 9.24. The fourth-order valence-electron chi connectivity index (χ4n) is 0.877. The molecule has 0 bridgehead atoms. The van der Waals surface area contributed by atoms with Gasteiger partial charge in [-0.1, -0.05) is 0 Å². The molecule has 0 unspecified atom stereocenters. The van der Waals surface area contributed by atoms with E-state index in [1.54, 1.807) is 0 Å². The minimum atomic E-state index is -4.22. The van der Waals surface area contributed by atoms with Crippen molar-refractivity contribution in [3.05, 3.63) is 0 Å². The van der Waals surface area contributed by atoms with Crippen molar-refractivity contribution in [2.24, 2.45) is 5.41 Å². The summed E-state index contributed by atoms with van der Waals surface area (Å²) in [6.45, 7) is -1.03. The molecule has 1 nitrogen and oxygen atoms in total. The number of alkyl halides is 4. The zero-order valence-corrected chi connectivity index (χ0v) is 7.21. The largest absolute Gasteiger partial charge is 0.411 e. The maximum Gasteiger partial charge on any atom is 0.411 e. The van der Waals surface area contributed by atoms with Gasteiger partial charge in [-0.2, -0.15) is 13.2 Å². The highest BCUT2D eigenvalue weighted by Gasteiger charge is 2.42. The quantitative estimate of drug-likeness (QED) is 0.637. The average molecular weight is 203 g/mol. The van der Waals surface area contributed by atoms with Crippen LogP contribution >= 0.6 is 11.6 Å². The Morgan fingerprint density at radius 3 is 2.25 bits per heavy atom. The van der Waals surface area contributed by atoms with Crippen LogP contribution in [-0.4, -0.2) is 25.3 Å². The second kappa shape index (κ2) is 3.42. The van der Waals surface area contributed by atoms with Gasteiger partial charge in [-0.25, -0.2) is 0 Å². The topological polar surface area (TPSA) is 9.23 Å². The van der Waals surface area contributed by atoms with Crippen molar-refractivity contribution in [3.8, 4) is 0 Å². The third-order valence-corrected chi connectivity index (χ3v) is 2.48. The fourth-order valence-corrected chi connectivity index (χ4v) is 1.22. The van der Waals surface area contributed by atoms with E-state index in [2.05, 4.69) is 4.74 Å². The molecule has 0 aliphatic heterocycles. The van der Waals surface area contributed by atoms with Crippen LogP contribution in [0.25, 0.3) is 0 Å². The number of hydrogen-bond donors (Lipinski definition) is 0. The van der Waals surface area contributed by atoms with E-state index in [0.717, 1.165) is 12.8 Å². The summed E-state index contributed by atoms with van der Waals surface area (Å²) in [6, 6.07) is 0. The molecule has 0 spiro atoms. The molecule has 0 aromatic carbocycles. The van der Waals surface area contributed by atoms with Crippen LogP contribution in [0.1, 0.15) is 12.8 Å². The minimum absolute atomic E-state index is 0.135. The molecule has 1 aliphatic carbocycles. The molecule has 12 heavy (non-hydrogen) atoms. The van der Waals surface area contributed by atoms with Gasteiger partial charge in [0.1, 0.15) is 6.61 Å². The Labute approximate surface area is 73.8 Å². The molecule has 0 amide bonds. The summed E-state index contributed by atoms with van der Waals surface area (Å²) < 4.78 is 39.3. The second-order valence-electron chi connectivity index (χ2n) is 3.24. The van der Waals surface area contributed by atoms with Crippen LogP contribution in [0.4, 0.5) is 13.2 Å². The van der Waals surface area contributed by atoms with E-state index in [4.69, 9.17) is 11.6 Å². The average Bonchev–Trinajstić information content (AvgIpc) is 2.67. The summed E-state index contributed by atoms with van der Waals surface area (Å²) in [7, 11) is 0. The van der Waals surface area contributed by atoms with Crippen LogP contribution in [0.5, 0.6) is 0 Å². The summed E-state index contributed by atoms with van der Waals surface area (Å²) in [5, 5.41) is 0. The Morgan fingerprint density at radius 1 is 1.33 bits per heavy atom. The van der Waals surface area contributed by atoms with Gasteiger partial charge in [0.15, 0.2) is 0 Å². The number of halogens is 4. The highest BCUT2D eigenvalue weighted by atomic mass is 35.5. The molecule has 1 fully saturated rings. The van der Waals surface area contributed by atoms with Gasteiger partial charge in [0.05, 0.1) is 6.61 Å². The van der Waals surface area contributed by atoms with E-state index in [0.29, 0.717) is 5.88 Å². The highest BCUT2D eigenvalue weighted by Crippen LogP contribution is 2.46. The second-order valence-corrected chi connectivity index (χ2v) is 3.51. The van der Waals surface area contributed by atoms with Gasteiger partial charge >= 0.3 is 6.18 Å². The Kier molecular flexibility index (Phi) is 2.88. The van der Waals surface area contributed by atoms with Crippen LogP contribution < -0.4 is 0 Å². The van der Waals surface area contributed by atoms with Gasteiger partial charge in [-0.3, -0.25) is 0 Å². The SMILES string of the molecule is FC(F)(F)COCC1(CCl)CC1. The first kappa shape index (κ1) is 10.1. The summed E-state index contributed by atoms with van der Waals surface area (Å²) in [6.07, 6.45) is -2.45. The standard InChI is InChI=1S/C7H10ClF3O/c8-3-6(1-2-6)4-12-5-7(9,10)11/h1-5H2. The lowest BCUT2D eigenvalue weighted by Crippen LogP contribution is -2.21. The van der Waals surface area contributed by atoms with Crippen molar-refractivity contribution in [1.29, 1.82) is 0 Å². The molecule has 0 aromatic heterocycles. The lowest BCUT2D eigenvalue weighted by atomic mass is 10.2. The first-order valence-corrected chi connectivity index (χ1v) is 4.21. The summed E-state index contributed by atoms with van der Waals surface area (Å²) in [4.78, 5) is 0. The third-order valence-electron chi connectivity index (χ3n) is 1.91. The molecule has 0 heterocycles. The number of hydrogen-bond acceptors (Lipinski definition) is 1. The van der Waals surface area contributed by atoms with E-state index >= 15 is 0 Å². The van der Waals surface area contributed by atoms with Gasteiger partial charge in [-0.05, 0) is 12.8 Å². The third kappa shape index (κ3) is 3.19. The van der Waals surface area contributed by atoms with Crippen LogP contribution in [0, 0.1) is 5.41 Å². The molecule has 0 atom stereocenters. The summed E-state index contributed by atoms with van der Waals surface area (Å²) >= 11 is 5.54. The van der Waals surface area contributed by atoms with E-state index in [1.807, 2.05) is 0 Å². The van der Waals surface area contributed by atoms with E-state index in [-0.39, 0.29) is 12.0 Å². The van der Waals surface area contributed by atoms with Crippen molar-refractivity contribution in [2.75, 3.05) is 19.1 Å². The first-order chi connectivity index (χ1) is 5.47. The van der Waals surface area contributed by atoms with E-state index in [1.165, 1.54) is 0 Å². The normalized spacial score (nSPS) is 21.0. The molecule has 1 rings (SSSR count). The molecule has 0 radical (unpaired) electrons. The molecular weight excluding hydrogens is 193 g/mol. The molecule has 0 saturated heterocycles. The van der Waals surface area contributed by atoms with Crippen LogP contribution in [0.15, 0.2) is 0 Å². The Morgan fingerprint density at radius 2 is 1.92 bits per heavy atom. The predicted octanol–water partition coefficient (Wildman–Crippen LogP) is 2.58. The lowest BCUT2D eigenvalue weighted by Gasteiger charge is -2.12. The van der Waals surface area contributed by atoms with E-state index < -0.39 is 12.8 Å². The van der Waals surface area contributed by atoms with Crippen molar-refractivity contribution in [1.82, 2.24) is 0 Å². The minimum Gasteiger partial charge on any atom is -0.371 e. The van der Waals surface area contributed by atoms with Gasteiger partial charge in [0.2, 0.25) is 0 Å². The molecule has 5 heteroatoms. The first-order valence-electron chi connectivity index (χ1n) is 3.68. The summed E-state index contributed by atoms with van der Waals surface area (Å²) in [5.74, 6) is 0.394. The predicted molar refractivity (Wildman–Crippen MR) is 39.3 cm³/mol. The summed E-state index contributed by atoms with van der Waals surface area (Å²) in [5.41, 5.74) is -0.146. The van der Waals surface area contributed by atoms with Gasteiger partial charge < -0.3 is 4.74 Å². The number of ether oxygens (including phenoxy) is 1. The monoisotopic (exact) mass is 202 g/mol. The molecular formula is C7H10ClF3O. The van der Waals surface area contributed by atoms with Gasteiger partial charge in [-0.15, -0.1) is 11.6 Å². The fraction of sp³-hybridized carbons (Fsp3) is 1.00. The molecule has 0 N–H and O–H groups in total. The smallest absolute Gasteiger partial charge is 0.371 e. The van der Waals surface area contributed by atoms with Crippen molar-refractivity contribution in [2.45, 2.75) is 19.0 Å².